The Balaban J connectivity index is 4.49. The summed E-state index contributed by atoms with van der Waals surface area (Å²) in [6.45, 7) is 12.3. The molecule has 92 valence electrons. The first-order chi connectivity index (χ1) is 6.54. The van der Waals surface area contributed by atoms with Gasteiger partial charge >= 0.3 is 17.1 Å². The maximum atomic E-state index is 9.24. The highest BCUT2D eigenvalue weighted by atomic mass is 28.5. The van der Waals surface area contributed by atoms with Crippen LogP contribution < -0.4 is 0 Å². The summed E-state index contributed by atoms with van der Waals surface area (Å²) in [5.74, 6) is 0. The topological polar surface area (TPSA) is 47.9 Å². The molecule has 1 atom stereocenters. The van der Waals surface area contributed by atoms with Crippen LogP contribution in [-0.4, -0.2) is 43.9 Å². The second-order valence-corrected chi connectivity index (χ2v) is 16.9. The summed E-state index contributed by atoms with van der Waals surface area (Å²) in [4.78, 5) is 0. The summed E-state index contributed by atoms with van der Waals surface area (Å²) in [5, 5.41) is 9.24. The van der Waals surface area contributed by atoms with Gasteiger partial charge in [-0.15, -0.1) is 0 Å². The number of aliphatic hydroxyl groups is 1. The molecule has 0 aromatic rings. The van der Waals surface area contributed by atoms with Crippen LogP contribution in [0.5, 0.6) is 0 Å². The standard InChI is InChI=1S/C8H24O4Si3/c1-10-15(7,8-9)12-14(5,6)11-13(2,3)4/h9H,8H2,1-7H3. The zero-order valence-corrected chi connectivity index (χ0v) is 13.9. The van der Waals surface area contributed by atoms with Crippen molar-refractivity contribution in [3.63, 3.8) is 0 Å². The summed E-state index contributed by atoms with van der Waals surface area (Å²) in [6, 6.07) is 0. The highest BCUT2D eigenvalue weighted by Gasteiger charge is 2.41. The Kier molecular flexibility index (Phi) is 5.38. The van der Waals surface area contributed by atoms with Crippen molar-refractivity contribution < 1.29 is 17.8 Å². The predicted octanol–water partition coefficient (Wildman–Crippen LogP) is 1.81. The Morgan fingerprint density at radius 2 is 1.40 bits per heavy atom. The highest BCUT2D eigenvalue weighted by molar-refractivity contribution is 6.86. The predicted molar refractivity (Wildman–Crippen MR) is 68.7 cm³/mol. The van der Waals surface area contributed by atoms with E-state index in [9.17, 15) is 5.11 Å². The van der Waals surface area contributed by atoms with Crippen molar-refractivity contribution in [2.24, 2.45) is 0 Å². The van der Waals surface area contributed by atoms with E-state index < -0.39 is 25.4 Å². The molecule has 1 N–H and O–H groups in total. The first-order valence-electron chi connectivity index (χ1n) is 5.10. The summed E-state index contributed by atoms with van der Waals surface area (Å²) >= 11 is 0. The molecule has 0 saturated carbocycles. The molecule has 0 aliphatic heterocycles. The van der Waals surface area contributed by atoms with Gasteiger partial charge in [-0.25, -0.2) is 0 Å². The summed E-state index contributed by atoms with van der Waals surface area (Å²) < 4.78 is 17.2. The van der Waals surface area contributed by atoms with Gasteiger partial charge < -0.3 is 17.8 Å². The van der Waals surface area contributed by atoms with Crippen molar-refractivity contribution >= 4 is 25.4 Å². The van der Waals surface area contributed by atoms with Gasteiger partial charge in [0.2, 0.25) is 0 Å². The second-order valence-electron chi connectivity index (χ2n) is 5.21. The van der Waals surface area contributed by atoms with Gasteiger partial charge in [0.05, 0.1) is 6.23 Å². The quantitative estimate of drug-likeness (QED) is 0.746. The lowest BCUT2D eigenvalue weighted by Crippen LogP contribution is -2.55. The van der Waals surface area contributed by atoms with Gasteiger partial charge in [0, 0.05) is 7.11 Å². The minimum Gasteiger partial charge on any atom is -0.437 e. The van der Waals surface area contributed by atoms with E-state index in [-0.39, 0.29) is 6.23 Å². The van der Waals surface area contributed by atoms with E-state index in [4.69, 9.17) is 12.7 Å². The number of hydrogen-bond donors (Lipinski definition) is 1. The lowest BCUT2D eigenvalue weighted by atomic mass is 11.7. The minimum atomic E-state index is -2.42. The Morgan fingerprint density at radius 1 is 0.933 bits per heavy atom. The number of rotatable bonds is 6. The number of aliphatic hydroxyl groups excluding tert-OH is 1. The molecule has 0 spiro atoms. The van der Waals surface area contributed by atoms with Crippen molar-refractivity contribution in [1.82, 2.24) is 0 Å². The van der Waals surface area contributed by atoms with Gasteiger partial charge in [0.15, 0.2) is 8.32 Å². The lowest BCUT2D eigenvalue weighted by Gasteiger charge is -2.36. The van der Waals surface area contributed by atoms with Gasteiger partial charge in [-0.1, -0.05) is 0 Å². The fourth-order valence-corrected chi connectivity index (χ4v) is 12.7. The molecule has 4 nitrogen and oxygen atoms in total. The van der Waals surface area contributed by atoms with Crippen LogP contribution in [0.3, 0.4) is 0 Å². The van der Waals surface area contributed by atoms with Crippen molar-refractivity contribution in [3.8, 4) is 0 Å². The molecule has 0 saturated heterocycles. The minimum absolute atomic E-state index is 0.0327. The number of hydrogen-bond acceptors (Lipinski definition) is 4. The van der Waals surface area contributed by atoms with E-state index in [1.54, 1.807) is 7.11 Å². The maximum absolute atomic E-state index is 9.24. The molecule has 0 aliphatic rings. The van der Waals surface area contributed by atoms with Crippen LogP contribution in [0.4, 0.5) is 0 Å². The van der Waals surface area contributed by atoms with Crippen LogP contribution in [-0.2, 0) is 12.7 Å². The molecule has 0 aromatic carbocycles. The Bertz CT molecular complexity index is 199. The van der Waals surface area contributed by atoms with Crippen LogP contribution >= 0.6 is 0 Å². The van der Waals surface area contributed by atoms with Gasteiger partial charge in [-0.2, -0.15) is 0 Å². The van der Waals surface area contributed by atoms with Gasteiger partial charge in [0.25, 0.3) is 0 Å². The van der Waals surface area contributed by atoms with Crippen LogP contribution in [0.15, 0.2) is 0 Å². The Morgan fingerprint density at radius 3 is 1.67 bits per heavy atom. The lowest BCUT2D eigenvalue weighted by molar-refractivity contribution is 0.223. The van der Waals surface area contributed by atoms with Gasteiger partial charge in [-0.3, -0.25) is 0 Å². The molecule has 1 unspecified atom stereocenters. The first kappa shape index (κ1) is 15.5. The molecule has 0 heterocycles. The van der Waals surface area contributed by atoms with E-state index in [1.807, 2.05) is 19.6 Å². The Labute approximate surface area is 96.2 Å². The molecule has 15 heavy (non-hydrogen) atoms. The highest BCUT2D eigenvalue weighted by Crippen LogP contribution is 2.20. The van der Waals surface area contributed by atoms with Crippen molar-refractivity contribution in [1.29, 1.82) is 0 Å². The fraction of sp³-hybridized carbons (Fsp3) is 1.00. The van der Waals surface area contributed by atoms with Crippen molar-refractivity contribution in [2.45, 2.75) is 39.3 Å². The molecule has 0 aromatic heterocycles. The maximum Gasteiger partial charge on any atom is 0.352 e. The molecule has 0 fully saturated rings. The summed E-state index contributed by atoms with van der Waals surface area (Å²) in [6.07, 6.45) is -0.0327. The normalized spacial score (nSPS) is 17.6. The molecule has 0 radical (unpaired) electrons. The van der Waals surface area contributed by atoms with Crippen molar-refractivity contribution in [3.05, 3.63) is 0 Å². The second kappa shape index (κ2) is 5.21. The van der Waals surface area contributed by atoms with Crippen LogP contribution in [0.25, 0.3) is 0 Å². The van der Waals surface area contributed by atoms with E-state index in [2.05, 4.69) is 19.6 Å². The van der Waals surface area contributed by atoms with Gasteiger partial charge in [0.1, 0.15) is 0 Å². The largest absolute Gasteiger partial charge is 0.437 e. The zero-order chi connectivity index (χ0) is 12.3. The van der Waals surface area contributed by atoms with E-state index >= 15 is 0 Å². The van der Waals surface area contributed by atoms with Gasteiger partial charge in [-0.05, 0) is 39.3 Å². The van der Waals surface area contributed by atoms with Crippen LogP contribution in [0.1, 0.15) is 0 Å². The Hall–Kier alpha value is 0.491. The SMILES string of the molecule is CO[Si](C)(CO)O[Si](C)(C)O[Si](C)(C)C. The summed E-state index contributed by atoms with van der Waals surface area (Å²) in [5.41, 5.74) is 0. The van der Waals surface area contributed by atoms with E-state index in [0.717, 1.165) is 0 Å². The molecule has 0 aliphatic carbocycles. The van der Waals surface area contributed by atoms with Crippen LogP contribution in [0.2, 0.25) is 39.3 Å². The molecular formula is C8H24O4Si3. The monoisotopic (exact) mass is 268 g/mol. The van der Waals surface area contributed by atoms with E-state index in [1.165, 1.54) is 0 Å². The zero-order valence-electron chi connectivity index (χ0n) is 10.9. The summed E-state index contributed by atoms with van der Waals surface area (Å²) in [7, 11) is -4.61. The first-order valence-corrected chi connectivity index (χ1v) is 13.8. The smallest absolute Gasteiger partial charge is 0.352 e. The molecule has 7 heteroatoms. The fourth-order valence-electron chi connectivity index (χ4n) is 1.42. The third-order valence-electron chi connectivity index (χ3n) is 1.73. The average Bonchev–Trinajstić information content (AvgIpc) is 1.98. The van der Waals surface area contributed by atoms with Crippen molar-refractivity contribution in [2.75, 3.05) is 13.3 Å². The molecular weight excluding hydrogens is 244 g/mol. The third kappa shape index (κ3) is 6.61. The average molecular weight is 269 g/mol. The third-order valence-corrected chi connectivity index (χ3v) is 11.3. The molecule has 0 bridgehead atoms. The van der Waals surface area contributed by atoms with E-state index in [0.29, 0.717) is 0 Å². The molecule has 0 rings (SSSR count). The molecule has 0 amide bonds. The van der Waals surface area contributed by atoms with Crippen LogP contribution in [0, 0.1) is 0 Å².